The van der Waals surface area contributed by atoms with Crippen LogP contribution in [0.4, 0.5) is 0 Å². The summed E-state index contributed by atoms with van der Waals surface area (Å²) in [5.74, 6) is -0.541. The van der Waals surface area contributed by atoms with E-state index in [-0.39, 0.29) is 23.4 Å². The van der Waals surface area contributed by atoms with Crippen molar-refractivity contribution in [2.24, 2.45) is 5.92 Å². The molecule has 1 aliphatic rings. The van der Waals surface area contributed by atoms with Crippen molar-refractivity contribution in [3.63, 3.8) is 0 Å². The van der Waals surface area contributed by atoms with Crippen LogP contribution in [0.3, 0.4) is 0 Å². The van der Waals surface area contributed by atoms with Crippen molar-refractivity contribution < 1.29 is 9.59 Å². The molecule has 0 saturated heterocycles. The zero-order valence-electron chi connectivity index (χ0n) is 9.86. The lowest BCUT2D eigenvalue weighted by Crippen LogP contribution is -2.35. The quantitative estimate of drug-likeness (QED) is 0.676. The molecule has 0 bridgehead atoms. The molecule has 0 fully saturated rings. The molecule has 16 heavy (non-hydrogen) atoms. The van der Waals surface area contributed by atoms with E-state index in [0.29, 0.717) is 0 Å². The third-order valence-electron chi connectivity index (χ3n) is 3.62. The smallest absolute Gasteiger partial charge is 0.151 e. The van der Waals surface area contributed by atoms with Gasteiger partial charge in [-0.05, 0) is 24.0 Å². The van der Waals surface area contributed by atoms with Crippen molar-refractivity contribution in [2.75, 3.05) is 0 Å². The molecule has 0 N–H and O–H groups in total. The molecular formula is C14H16O2. The molecule has 0 spiro atoms. The Morgan fingerprint density at radius 1 is 1.12 bits per heavy atom. The lowest BCUT2D eigenvalue weighted by Gasteiger charge is -2.32. The van der Waals surface area contributed by atoms with Gasteiger partial charge in [-0.25, -0.2) is 0 Å². The van der Waals surface area contributed by atoms with Crippen molar-refractivity contribution in [1.29, 1.82) is 0 Å². The van der Waals surface area contributed by atoms with E-state index in [1.165, 1.54) is 6.92 Å². The Morgan fingerprint density at radius 3 is 2.25 bits per heavy atom. The molecule has 0 aromatic heterocycles. The van der Waals surface area contributed by atoms with Crippen molar-refractivity contribution in [3.05, 3.63) is 35.4 Å². The molecular weight excluding hydrogens is 200 g/mol. The second-order valence-corrected chi connectivity index (χ2v) is 4.63. The summed E-state index contributed by atoms with van der Waals surface area (Å²) in [7, 11) is 0. The van der Waals surface area contributed by atoms with Crippen LogP contribution in [0.25, 0.3) is 0 Å². The Bertz CT molecular complexity index is 448. The van der Waals surface area contributed by atoms with Crippen LogP contribution in [0.2, 0.25) is 0 Å². The standard InChI is InChI=1S/C14H16O2/c1-8-11-6-4-5-7-12(11)9(2)14(16)13(8)10(3)15/h4-9,13H,1-3H3. The molecule has 2 rings (SSSR count). The van der Waals surface area contributed by atoms with Crippen LogP contribution in [0.15, 0.2) is 24.3 Å². The van der Waals surface area contributed by atoms with Crippen LogP contribution in [-0.4, -0.2) is 11.6 Å². The minimum atomic E-state index is -0.454. The van der Waals surface area contributed by atoms with Crippen molar-refractivity contribution >= 4 is 11.6 Å². The van der Waals surface area contributed by atoms with Gasteiger partial charge in [-0.1, -0.05) is 38.1 Å². The summed E-state index contributed by atoms with van der Waals surface area (Å²) in [4.78, 5) is 23.7. The first-order valence-corrected chi connectivity index (χ1v) is 5.67. The molecule has 0 amide bonds. The van der Waals surface area contributed by atoms with Crippen molar-refractivity contribution in [2.45, 2.75) is 32.6 Å². The van der Waals surface area contributed by atoms with E-state index in [9.17, 15) is 9.59 Å². The third-order valence-corrected chi connectivity index (χ3v) is 3.62. The number of hydrogen-bond donors (Lipinski definition) is 0. The van der Waals surface area contributed by atoms with Crippen molar-refractivity contribution in [1.82, 2.24) is 0 Å². The zero-order chi connectivity index (χ0) is 11.9. The third kappa shape index (κ3) is 1.49. The number of carbonyl (C=O) groups excluding carboxylic acids is 2. The van der Waals surface area contributed by atoms with Gasteiger partial charge in [0.1, 0.15) is 5.78 Å². The average Bonchev–Trinajstić information content (AvgIpc) is 2.26. The molecule has 2 nitrogen and oxygen atoms in total. The summed E-state index contributed by atoms with van der Waals surface area (Å²) in [6.07, 6.45) is 0. The number of hydrogen-bond acceptors (Lipinski definition) is 2. The number of rotatable bonds is 1. The Balaban J connectivity index is 2.56. The molecule has 84 valence electrons. The lowest BCUT2D eigenvalue weighted by molar-refractivity contribution is -0.133. The molecule has 0 radical (unpaired) electrons. The maximum absolute atomic E-state index is 12.1. The Hall–Kier alpha value is -1.44. The highest BCUT2D eigenvalue weighted by Crippen LogP contribution is 2.40. The number of carbonyl (C=O) groups is 2. The van der Waals surface area contributed by atoms with Crippen LogP contribution in [0.5, 0.6) is 0 Å². The second kappa shape index (κ2) is 3.85. The highest BCUT2D eigenvalue weighted by Gasteiger charge is 2.39. The van der Waals surface area contributed by atoms with Crippen molar-refractivity contribution in [3.8, 4) is 0 Å². The van der Waals surface area contributed by atoms with E-state index in [4.69, 9.17) is 0 Å². The highest BCUT2D eigenvalue weighted by atomic mass is 16.1. The van der Waals surface area contributed by atoms with Crippen LogP contribution >= 0.6 is 0 Å². The first-order valence-electron chi connectivity index (χ1n) is 5.67. The number of fused-ring (bicyclic) bond motifs is 1. The summed E-state index contributed by atoms with van der Waals surface area (Å²) in [5.41, 5.74) is 2.23. The van der Waals surface area contributed by atoms with Gasteiger partial charge in [-0.2, -0.15) is 0 Å². The summed E-state index contributed by atoms with van der Waals surface area (Å²) in [5, 5.41) is 0. The Morgan fingerprint density at radius 2 is 1.69 bits per heavy atom. The summed E-state index contributed by atoms with van der Waals surface area (Å²) in [6, 6.07) is 7.93. The fraction of sp³-hybridized carbons (Fsp3) is 0.429. The van der Waals surface area contributed by atoms with Crippen LogP contribution in [0.1, 0.15) is 43.7 Å². The maximum atomic E-state index is 12.1. The zero-order valence-corrected chi connectivity index (χ0v) is 9.86. The summed E-state index contributed by atoms with van der Waals surface area (Å²) >= 11 is 0. The molecule has 1 aromatic rings. The molecule has 1 aliphatic carbocycles. The first-order chi connectivity index (χ1) is 7.54. The molecule has 2 heteroatoms. The van der Waals surface area contributed by atoms with Gasteiger partial charge in [0.2, 0.25) is 0 Å². The van der Waals surface area contributed by atoms with Crippen LogP contribution in [0, 0.1) is 5.92 Å². The maximum Gasteiger partial charge on any atom is 0.151 e. The number of Topliss-reactive ketones (excluding diaryl/α,β-unsaturated/α-hetero) is 2. The minimum Gasteiger partial charge on any atom is -0.299 e. The monoisotopic (exact) mass is 216 g/mol. The van der Waals surface area contributed by atoms with E-state index < -0.39 is 5.92 Å². The molecule has 0 aliphatic heterocycles. The molecule has 1 aromatic carbocycles. The van der Waals surface area contributed by atoms with Crippen LogP contribution < -0.4 is 0 Å². The van der Waals surface area contributed by atoms with Gasteiger partial charge < -0.3 is 0 Å². The topological polar surface area (TPSA) is 34.1 Å². The van der Waals surface area contributed by atoms with Gasteiger partial charge in [-0.15, -0.1) is 0 Å². The predicted octanol–water partition coefficient (Wildman–Crippen LogP) is 2.68. The minimum absolute atomic E-state index is 0.0115. The highest BCUT2D eigenvalue weighted by molar-refractivity contribution is 6.06. The molecule has 0 saturated carbocycles. The molecule has 3 atom stereocenters. The SMILES string of the molecule is CC(=O)C1C(=O)C(C)c2ccccc2C1C. The molecule has 3 unspecified atom stereocenters. The normalized spacial score (nSPS) is 28.7. The van der Waals surface area contributed by atoms with E-state index in [0.717, 1.165) is 11.1 Å². The van der Waals surface area contributed by atoms with Gasteiger partial charge in [0.15, 0.2) is 5.78 Å². The van der Waals surface area contributed by atoms with Gasteiger partial charge >= 0.3 is 0 Å². The average molecular weight is 216 g/mol. The second-order valence-electron chi connectivity index (χ2n) is 4.63. The summed E-state index contributed by atoms with van der Waals surface area (Å²) < 4.78 is 0. The molecule has 0 heterocycles. The van der Waals surface area contributed by atoms with E-state index >= 15 is 0 Å². The number of benzene rings is 1. The first kappa shape index (κ1) is 11.1. The van der Waals surface area contributed by atoms with Gasteiger partial charge in [0, 0.05) is 5.92 Å². The van der Waals surface area contributed by atoms with E-state index in [1.807, 2.05) is 38.1 Å². The summed E-state index contributed by atoms with van der Waals surface area (Å²) in [6.45, 7) is 5.37. The van der Waals surface area contributed by atoms with E-state index in [2.05, 4.69) is 0 Å². The largest absolute Gasteiger partial charge is 0.299 e. The number of ketones is 2. The van der Waals surface area contributed by atoms with E-state index in [1.54, 1.807) is 0 Å². The van der Waals surface area contributed by atoms with Gasteiger partial charge in [0.25, 0.3) is 0 Å². The Labute approximate surface area is 95.7 Å². The predicted molar refractivity (Wildman–Crippen MR) is 62.5 cm³/mol. The Kier molecular flexibility index (Phi) is 2.66. The van der Waals surface area contributed by atoms with Crippen LogP contribution in [-0.2, 0) is 9.59 Å². The fourth-order valence-electron chi connectivity index (χ4n) is 2.72. The fourth-order valence-corrected chi connectivity index (χ4v) is 2.72. The van der Waals surface area contributed by atoms with Gasteiger partial charge in [0.05, 0.1) is 5.92 Å². The lowest BCUT2D eigenvalue weighted by atomic mass is 9.69. The van der Waals surface area contributed by atoms with Gasteiger partial charge in [-0.3, -0.25) is 9.59 Å².